The molecule has 4 heteroatoms. The summed E-state index contributed by atoms with van der Waals surface area (Å²) in [4.78, 5) is 0. The number of H-pyrrole nitrogens is 1. The van der Waals surface area contributed by atoms with Crippen LogP contribution in [-0.4, -0.2) is 10.2 Å². The Kier molecular flexibility index (Phi) is 3.54. The monoisotopic (exact) mass is 295 g/mol. The van der Waals surface area contributed by atoms with E-state index in [0.29, 0.717) is 0 Å². The third-order valence-electron chi connectivity index (χ3n) is 3.64. The fourth-order valence-electron chi connectivity index (χ4n) is 2.33. The molecule has 0 fully saturated rings. The fourth-order valence-corrected chi connectivity index (χ4v) is 2.33. The van der Waals surface area contributed by atoms with Crippen molar-refractivity contribution in [1.29, 1.82) is 0 Å². The van der Waals surface area contributed by atoms with Crippen LogP contribution >= 0.6 is 0 Å². The minimum absolute atomic E-state index is 0.249. The van der Waals surface area contributed by atoms with Gasteiger partial charge in [-0.1, -0.05) is 18.2 Å². The van der Waals surface area contributed by atoms with Gasteiger partial charge in [0.25, 0.3) is 0 Å². The summed E-state index contributed by atoms with van der Waals surface area (Å²) in [5.74, 6) is -0.249. The van der Waals surface area contributed by atoms with Crippen LogP contribution in [0.2, 0.25) is 0 Å². The van der Waals surface area contributed by atoms with Crippen LogP contribution in [0.1, 0.15) is 19.4 Å². The fraction of sp³-hybridized carbons (Fsp3) is 0.167. The van der Waals surface area contributed by atoms with Crippen molar-refractivity contribution in [2.45, 2.75) is 19.4 Å². The molecule has 0 atom stereocenters. The molecule has 3 aromatic rings. The van der Waals surface area contributed by atoms with Crippen molar-refractivity contribution in [1.82, 2.24) is 10.2 Å². The predicted molar refractivity (Wildman–Crippen MR) is 86.6 cm³/mol. The molecule has 0 saturated carbocycles. The summed E-state index contributed by atoms with van der Waals surface area (Å²) in [6, 6.07) is 16.3. The van der Waals surface area contributed by atoms with Gasteiger partial charge in [-0.15, -0.1) is 0 Å². The molecule has 0 radical (unpaired) electrons. The van der Waals surface area contributed by atoms with E-state index < -0.39 is 5.54 Å². The molecule has 0 amide bonds. The van der Waals surface area contributed by atoms with Gasteiger partial charge >= 0.3 is 0 Å². The molecule has 0 unspecified atom stereocenters. The van der Waals surface area contributed by atoms with Crippen molar-refractivity contribution in [3.05, 3.63) is 66.0 Å². The molecule has 2 aromatic carbocycles. The summed E-state index contributed by atoms with van der Waals surface area (Å²) in [6.07, 6.45) is 0. The topological polar surface area (TPSA) is 54.7 Å². The molecule has 3 nitrogen and oxygen atoms in total. The maximum Gasteiger partial charge on any atom is 0.123 e. The second-order valence-electron chi connectivity index (χ2n) is 5.98. The highest BCUT2D eigenvalue weighted by molar-refractivity contribution is 5.68. The highest BCUT2D eigenvalue weighted by Crippen LogP contribution is 2.27. The van der Waals surface area contributed by atoms with Crippen LogP contribution in [0.4, 0.5) is 4.39 Å². The zero-order valence-corrected chi connectivity index (χ0v) is 12.6. The first-order valence-corrected chi connectivity index (χ1v) is 7.14. The Morgan fingerprint density at radius 1 is 1.00 bits per heavy atom. The molecule has 0 spiro atoms. The molecular formula is C18H18FN3. The van der Waals surface area contributed by atoms with Gasteiger partial charge < -0.3 is 5.73 Å². The standard InChI is InChI=1S/C18H18FN3/c1-18(2,20)14-5-3-4-13(10-14)17-11-16(21-22-17)12-6-8-15(19)9-7-12/h3-11H,20H2,1-2H3,(H,21,22). The van der Waals surface area contributed by atoms with E-state index in [9.17, 15) is 4.39 Å². The van der Waals surface area contributed by atoms with E-state index in [2.05, 4.69) is 10.2 Å². The summed E-state index contributed by atoms with van der Waals surface area (Å²) in [5.41, 5.74) is 10.4. The second kappa shape index (κ2) is 5.39. The first-order valence-electron chi connectivity index (χ1n) is 7.14. The molecule has 3 N–H and O–H groups in total. The highest BCUT2D eigenvalue weighted by Gasteiger charge is 2.15. The van der Waals surface area contributed by atoms with Crippen LogP contribution in [0.15, 0.2) is 54.6 Å². The number of nitrogens with two attached hydrogens (primary N) is 1. The average Bonchev–Trinajstić information content (AvgIpc) is 2.97. The lowest BCUT2D eigenvalue weighted by molar-refractivity contribution is 0.554. The molecule has 3 rings (SSSR count). The minimum Gasteiger partial charge on any atom is -0.322 e. The Balaban J connectivity index is 1.96. The van der Waals surface area contributed by atoms with Crippen molar-refractivity contribution in [3.63, 3.8) is 0 Å². The lowest BCUT2D eigenvalue weighted by Crippen LogP contribution is -2.28. The predicted octanol–water partition coefficient (Wildman–Crippen LogP) is 4.08. The van der Waals surface area contributed by atoms with Gasteiger partial charge in [-0.25, -0.2) is 4.39 Å². The van der Waals surface area contributed by atoms with Gasteiger partial charge in [0.05, 0.1) is 11.4 Å². The number of aromatic nitrogens is 2. The molecule has 1 aromatic heterocycles. The van der Waals surface area contributed by atoms with Crippen LogP contribution in [-0.2, 0) is 5.54 Å². The summed E-state index contributed by atoms with van der Waals surface area (Å²) in [6.45, 7) is 3.95. The third-order valence-corrected chi connectivity index (χ3v) is 3.64. The summed E-state index contributed by atoms with van der Waals surface area (Å²) >= 11 is 0. The lowest BCUT2D eigenvalue weighted by atomic mass is 9.93. The SMILES string of the molecule is CC(C)(N)c1cccc(-c2cc(-c3ccc(F)cc3)[nH]n2)c1. The Bertz CT molecular complexity index is 783. The van der Waals surface area contributed by atoms with Gasteiger partial charge in [-0.3, -0.25) is 5.10 Å². The lowest BCUT2D eigenvalue weighted by Gasteiger charge is -2.19. The number of hydrogen-bond acceptors (Lipinski definition) is 2. The van der Waals surface area contributed by atoms with Crippen molar-refractivity contribution in [2.24, 2.45) is 5.73 Å². The largest absolute Gasteiger partial charge is 0.322 e. The van der Waals surface area contributed by atoms with Crippen molar-refractivity contribution >= 4 is 0 Å². The van der Waals surface area contributed by atoms with Crippen molar-refractivity contribution < 1.29 is 4.39 Å². The highest BCUT2D eigenvalue weighted by atomic mass is 19.1. The third kappa shape index (κ3) is 2.92. The van der Waals surface area contributed by atoms with Gasteiger partial charge in [0.15, 0.2) is 0 Å². The van der Waals surface area contributed by atoms with Gasteiger partial charge in [0.2, 0.25) is 0 Å². The molecule has 0 saturated heterocycles. The van der Waals surface area contributed by atoms with Crippen LogP contribution in [0, 0.1) is 5.82 Å². The van der Waals surface area contributed by atoms with Gasteiger partial charge in [0.1, 0.15) is 5.82 Å². The number of nitrogens with zero attached hydrogens (tertiary/aromatic N) is 1. The van der Waals surface area contributed by atoms with Crippen molar-refractivity contribution in [3.8, 4) is 22.5 Å². The number of benzene rings is 2. The zero-order chi connectivity index (χ0) is 15.7. The smallest absolute Gasteiger partial charge is 0.123 e. The normalized spacial score (nSPS) is 11.6. The molecule has 0 bridgehead atoms. The van der Waals surface area contributed by atoms with Crippen molar-refractivity contribution in [2.75, 3.05) is 0 Å². The van der Waals surface area contributed by atoms with Crippen LogP contribution in [0.25, 0.3) is 22.5 Å². The first kappa shape index (κ1) is 14.5. The Hall–Kier alpha value is -2.46. The maximum absolute atomic E-state index is 13.0. The van der Waals surface area contributed by atoms with Gasteiger partial charge in [0, 0.05) is 11.1 Å². The quantitative estimate of drug-likeness (QED) is 0.765. The average molecular weight is 295 g/mol. The number of nitrogens with one attached hydrogen (secondary N) is 1. The number of rotatable bonds is 3. The maximum atomic E-state index is 13.0. The molecule has 0 aliphatic carbocycles. The summed E-state index contributed by atoms with van der Waals surface area (Å²) < 4.78 is 13.0. The van der Waals surface area contributed by atoms with E-state index in [1.54, 1.807) is 12.1 Å². The van der Waals surface area contributed by atoms with Crippen LogP contribution in [0.5, 0.6) is 0 Å². The molecular weight excluding hydrogens is 277 g/mol. The first-order chi connectivity index (χ1) is 10.4. The molecule has 22 heavy (non-hydrogen) atoms. The Morgan fingerprint density at radius 2 is 1.73 bits per heavy atom. The number of aromatic amines is 1. The van der Waals surface area contributed by atoms with E-state index in [1.807, 2.05) is 44.2 Å². The summed E-state index contributed by atoms with van der Waals surface area (Å²) in [5, 5.41) is 7.34. The molecule has 0 aliphatic heterocycles. The Labute approximate surface area is 129 Å². The number of halogens is 1. The number of hydrogen-bond donors (Lipinski definition) is 2. The van der Waals surface area contributed by atoms with E-state index in [-0.39, 0.29) is 5.82 Å². The van der Waals surface area contributed by atoms with Crippen LogP contribution in [0.3, 0.4) is 0 Å². The molecule has 112 valence electrons. The Morgan fingerprint density at radius 3 is 2.41 bits per heavy atom. The van der Waals surface area contributed by atoms with E-state index >= 15 is 0 Å². The second-order valence-corrected chi connectivity index (χ2v) is 5.98. The van der Waals surface area contributed by atoms with E-state index in [1.165, 1.54) is 12.1 Å². The van der Waals surface area contributed by atoms with Gasteiger partial charge in [-0.05, 0) is 61.4 Å². The van der Waals surface area contributed by atoms with Crippen LogP contribution < -0.4 is 5.73 Å². The zero-order valence-electron chi connectivity index (χ0n) is 12.6. The summed E-state index contributed by atoms with van der Waals surface area (Å²) in [7, 11) is 0. The van der Waals surface area contributed by atoms with E-state index in [4.69, 9.17) is 5.73 Å². The molecule has 0 aliphatic rings. The molecule has 1 heterocycles. The van der Waals surface area contributed by atoms with E-state index in [0.717, 1.165) is 28.1 Å². The minimum atomic E-state index is -0.397. The van der Waals surface area contributed by atoms with Gasteiger partial charge in [-0.2, -0.15) is 5.10 Å².